The van der Waals surface area contributed by atoms with Gasteiger partial charge in [-0.1, -0.05) is 23.3 Å². The van der Waals surface area contributed by atoms with Crippen molar-refractivity contribution in [3.8, 4) is 23.8 Å². The summed E-state index contributed by atoms with van der Waals surface area (Å²) in [4.78, 5) is 24.8. The van der Waals surface area contributed by atoms with Gasteiger partial charge < -0.3 is 18.9 Å². The van der Waals surface area contributed by atoms with Crippen LogP contribution in [0.25, 0.3) is 0 Å². The molecule has 6 heteroatoms. The van der Waals surface area contributed by atoms with E-state index < -0.39 is 17.4 Å². The van der Waals surface area contributed by atoms with Gasteiger partial charge in [-0.2, -0.15) is 0 Å². The van der Waals surface area contributed by atoms with Crippen molar-refractivity contribution >= 4 is 11.9 Å². The van der Waals surface area contributed by atoms with Crippen LogP contribution in [0.4, 0.5) is 0 Å². The van der Waals surface area contributed by atoms with Crippen molar-refractivity contribution in [1.82, 2.24) is 0 Å². The zero-order valence-corrected chi connectivity index (χ0v) is 20.7. The number of aryl methyl sites for hydroxylation is 1. The normalized spacial score (nSPS) is 12.0. The molecule has 33 heavy (non-hydrogen) atoms. The summed E-state index contributed by atoms with van der Waals surface area (Å²) in [6.45, 7) is 3.98. The minimum Gasteiger partial charge on any atom is -0.497 e. The van der Waals surface area contributed by atoms with Gasteiger partial charge in [0.25, 0.3) is 0 Å². The Bertz CT molecular complexity index is 865. The third kappa shape index (κ3) is 8.34. The molecule has 0 aliphatic rings. The van der Waals surface area contributed by atoms with E-state index in [1.54, 1.807) is 14.2 Å². The summed E-state index contributed by atoms with van der Waals surface area (Å²) in [5, 5.41) is 0. The van der Waals surface area contributed by atoms with Gasteiger partial charge in [-0.05, 0) is 63.6 Å². The fourth-order valence-electron chi connectivity index (χ4n) is 3.69. The molecule has 0 radical (unpaired) electrons. The Kier molecular flexibility index (Phi) is 11.9. The van der Waals surface area contributed by atoms with Crippen LogP contribution in [0, 0.1) is 17.8 Å². The number of hydrogen-bond acceptors (Lipinski definition) is 6. The zero-order chi connectivity index (χ0) is 24.9. The lowest BCUT2D eigenvalue weighted by molar-refractivity contribution is -0.168. The van der Waals surface area contributed by atoms with Gasteiger partial charge in [-0.25, -0.2) is 0 Å². The van der Waals surface area contributed by atoms with Crippen LogP contribution >= 0.6 is 0 Å². The molecule has 0 fully saturated rings. The molecule has 0 unspecified atom stereocenters. The quantitative estimate of drug-likeness (QED) is 0.179. The third-order valence-electron chi connectivity index (χ3n) is 5.51. The lowest BCUT2D eigenvalue weighted by Gasteiger charge is -2.26. The maximum absolute atomic E-state index is 12.4. The molecule has 0 atom stereocenters. The van der Waals surface area contributed by atoms with E-state index in [0.29, 0.717) is 0 Å². The van der Waals surface area contributed by atoms with Gasteiger partial charge in [0.15, 0.2) is 5.41 Å². The lowest BCUT2D eigenvalue weighted by Crippen LogP contribution is -2.41. The molecule has 0 saturated carbocycles. The molecular weight excluding hydrogens is 420 g/mol. The van der Waals surface area contributed by atoms with Gasteiger partial charge in [0.05, 0.1) is 28.4 Å². The molecule has 0 spiro atoms. The molecule has 1 aromatic rings. The van der Waals surface area contributed by atoms with Crippen molar-refractivity contribution in [1.29, 1.82) is 0 Å². The highest BCUT2D eigenvalue weighted by Gasteiger charge is 2.47. The Hall–Kier alpha value is -3.20. The second kappa shape index (κ2) is 14.1. The van der Waals surface area contributed by atoms with Gasteiger partial charge in [0, 0.05) is 12.5 Å². The van der Waals surface area contributed by atoms with Crippen LogP contribution in [0.15, 0.2) is 41.5 Å². The monoisotopic (exact) mass is 456 g/mol. The summed E-state index contributed by atoms with van der Waals surface area (Å²) in [5.41, 5.74) is 1.80. The number of hydrogen-bond donors (Lipinski definition) is 0. The number of carbonyl (C=O) groups excluding carboxylic acids is 2. The number of terminal acetylenes is 1. The standard InChI is InChI=1S/C27H36O6/c1-8-15-27(25(28)32-6,26(29)33-7)19-21(3)13-9-11-20(2)12-10-14-22-16-23(30-4)18-24(17-22)31-5/h1,12-13,16-18H,9-11,14-15,19H2,2-7H3/b20-12+,21-13+. The average Bonchev–Trinajstić information content (AvgIpc) is 2.82. The van der Waals surface area contributed by atoms with Crippen LogP contribution in [0.2, 0.25) is 0 Å². The van der Waals surface area contributed by atoms with Gasteiger partial charge in [-0.15, -0.1) is 12.3 Å². The average molecular weight is 457 g/mol. The van der Waals surface area contributed by atoms with Crippen molar-refractivity contribution in [3.05, 3.63) is 47.1 Å². The number of rotatable bonds is 13. The third-order valence-corrected chi connectivity index (χ3v) is 5.51. The second-order valence-electron chi connectivity index (χ2n) is 8.02. The van der Waals surface area contributed by atoms with Crippen LogP contribution in [-0.2, 0) is 25.5 Å². The number of methoxy groups -OCH3 is 4. The SMILES string of the molecule is C#CCC(C/C(C)=C/CC/C(C)=C/CCc1cc(OC)cc(OC)c1)(C(=O)OC)C(=O)OC. The van der Waals surface area contributed by atoms with Crippen LogP contribution in [0.5, 0.6) is 11.5 Å². The van der Waals surface area contributed by atoms with Crippen LogP contribution in [-0.4, -0.2) is 40.4 Å². The summed E-state index contributed by atoms with van der Waals surface area (Å²) in [5.74, 6) is 2.63. The Morgan fingerprint density at radius 1 is 0.909 bits per heavy atom. The fraction of sp³-hybridized carbons (Fsp3) is 0.481. The van der Waals surface area contributed by atoms with Crippen LogP contribution in [0.1, 0.15) is 51.5 Å². The van der Waals surface area contributed by atoms with E-state index in [1.165, 1.54) is 19.8 Å². The topological polar surface area (TPSA) is 71.1 Å². The van der Waals surface area contributed by atoms with Crippen molar-refractivity contribution < 1.29 is 28.5 Å². The Balaban J connectivity index is 2.73. The van der Waals surface area contributed by atoms with E-state index in [0.717, 1.165) is 48.3 Å². The first-order valence-corrected chi connectivity index (χ1v) is 10.9. The van der Waals surface area contributed by atoms with Crippen LogP contribution in [0.3, 0.4) is 0 Å². The maximum atomic E-state index is 12.4. The summed E-state index contributed by atoms with van der Waals surface area (Å²) in [6, 6.07) is 5.89. The van der Waals surface area contributed by atoms with Gasteiger partial charge in [-0.3, -0.25) is 9.59 Å². The van der Waals surface area contributed by atoms with Crippen molar-refractivity contribution in [2.45, 2.75) is 52.4 Å². The molecule has 0 aliphatic heterocycles. The number of esters is 2. The number of benzene rings is 1. The summed E-state index contributed by atoms with van der Waals surface area (Å²) in [6.07, 6.45) is 13.2. The lowest BCUT2D eigenvalue weighted by atomic mass is 9.78. The summed E-state index contributed by atoms with van der Waals surface area (Å²) in [7, 11) is 5.77. The first-order chi connectivity index (χ1) is 15.8. The molecule has 0 aromatic heterocycles. The van der Waals surface area contributed by atoms with Crippen molar-refractivity contribution in [2.24, 2.45) is 5.41 Å². The molecule has 0 heterocycles. The van der Waals surface area contributed by atoms with E-state index in [9.17, 15) is 9.59 Å². The largest absolute Gasteiger partial charge is 0.497 e. The smallest absolute Gasteiger partial charge is 0.324 e. The molecular formula is C27H36O6. The first kappa shape index (κ1) is 27.8. The summed E-state index contributed by atoms with van der Waals surface area (Å²) >= 11 is 0. The van der Waals surface area contributed by atoms with Crippen LogP contribution < -0.4 is 9.47 Å². The zero-order valence-electron chi connectivity index (χ0n) is 20.7. The number of allylic oxidation sites excluding steroid dienone is 4. The Morgan fingerprint density at radius 3 is 1.94 bits per heavy atom. The predicted molar refractivity (Wildman–Crippen MR) is 129 cm³/mol. The van der Waals surface area contributed by atoms with E-state index in [2.05, 4.69) is 18.9 Å². The molecule has 0 aliphatic carbocycles. The van der Waals surface area contributed by atoms with E-state index >= 15 is 0 Å². The van der Waals surface area contributed by atoms with E-state index in [-0.39, 0.29) is 12.8 Å². The van der Waals surface area contributed by atoms with Gasteiger partial charge >= 0.3 is 11.9 Å². The molecule has 0 bridgehead atoms. The second-order valence-corrected chi connectivity index (χ2v) is 8.02. The highest BCUT2D eigenvalue weighted by atomic mass is 16.5. The van der Waals surface area contributed by atoms with Crippen molar-refractivity contribution in [3.63, 3.8) is 0 Å². The minimum atomic E-state index is -1.51. The maximum Gasteiger partial charge on any atom is 0.324 e. The van der Waals surface area contributed by atoms with E-state index in [4.69, 9.17) is 25.4 Å². The molecule has 0 N–H and O–H groups in total. The molecule has 6 nitrogen and oxygen atoms in total. The fourth-order valence-corrected chi connectivity index (χ4v) is 3.69. The van der Waals surface area contributed by atoms with Gasteiger partial charge in [0.1, 0.15) is 11.5 Å². The minimum absolute atomic E-state index is 0.0779. The molecule has 180 valence electrons. The molecule has 0 saturated heterocycles. The highest BCUT2D eigenvalue weighted by molar-refractivity contribution is 6.00. The highest BCUT2D eigenvalue weighted by Crippen LogP contribution is 2.33. The Labute approximate surface area is 197 Å². The first-order valence-electron chi connectivity index (χ1n) is 10.9. The molecule has 1 rings (SSSR count). The summed E-state index contributed by atoms with van der Waals surface area (Å²) < 4.78 is 20.4. The van der Waals surface area contributed by atoms with Gasteiger partial charge in [0.2, 0.25) is 0 Å². The van der Waals surface area contributed by atoms with E-state index in [1.807, 2.05) is 31.2 Å². The Morgan fingerprint density at radius 2 is 1.45 bits per heavy atom. The number of ether oxygens (including phenoxy) is 4. The predicted octanol–water partition coefficient (Wildman–Crippen LogP) is 5.06. The molecule has 0 amide bonds. The van der Waals surface area contributed by atoms with Crippen molar-refractivity contribution in [2.75, 3.05) is 28.4 Å². The number of carbonyl (C=O) groups is 2. The molecule has 1 aromatic carbocycles.